The number of ether oxygens (including phenoxy) is 2. The second kappa shape index (κ2) is 7.54. The van der Waals surface area contributed by atoms with Gasteiger partial charge in [-0.3, -0.25) is 4.79 Å². The van der Waals surface area contributed by atoms with Crippen LogP contribution in [0.1, 0.15) is 5.56 Å². The Bertz CT molecular complexity index is 457. The Labute approximate surface area is 110 Å². The van der Waals surface area contributed by atoms with E-state index in [0.717, 1.165) is 0 Å². The first-order chi connectivity index (χ1) is 8.69. The molecule has 18 heavy (non-hydrogen) atoms. The Kier molecular flexibility index (Phi) is 5.98. The van der Waals surface area contributed by atoms with Gasteiger partial charge in [0.15, 0.2) is 6.61 Å². The molecular formula is C12H13ClN2O3. The van der Waals surface area contributed by atoms with Crippen molar-refractivity contribution < 1.29 is 14.3 Å². The summed E-state index contributed by atoms with van der Waals surface area (Å²) in [4.78, 5) is 11.4. The number of nitrogens with one attached hydrogen (secondary N) is 1. The molecular weight excluding hydrogens is 256 g/mol. The summed E-state index contributed by atoms with van der Waals surface area (Å²) in [5.74, 6) is 0.0165. The van der Waals surface area contributed by atoms with Crippen LogP contribution in [0.25, 0.3) is 0 Å². The maximum absolute atomic E-state index is 11.4. The summed E-state index contributed by atoms with van der Waals surface area (Å²) in [6, 6.07) is 6.76. The van der Waals surface area contributed by atoms with Gasteiger partial charge in [-0.1, -0.05) is 17.7 Å². The molecule has 1 aromatic rings. The summed E-state index contributed by atoms with van der Waals surface area (Å²) in [6.45, 7) is 0.685. The molecule has 0 saturated heterocycles. The molecule has 0 spiro atoms. The molecule has 1 N–H and O–H groups in total. The first kappa shape index (κ1) is 14.3. The van der Waals surface area contributed by atoms with E-state index in [0.29, 0.717) is 23.9 Å². The predicted octanol–water partition coefficient (Wildman–Crippen LogP) is 1.35. The number of nitriles is 1. The molecule has 0 unspecified atom stereocenters. The van der Waals surface area contributed by atoms with E-state index in [9.17, 15) is 4.79 Å². The van der Waals surface area contributed by atoms with E-state index in [1.807, 2.05) is 6.07 Å². The van der Waals surface area contributed by atoms with E-state index in [1.54, 1.807) is 25.3 Å². The molecule has 1 rings (SSSR count). The van der Waals surface area contributed by atoms with E-state index in [-0.39, 0.29) is 18.1 Å². The highest BCUT2D eigenvalue weighted by atomic mass is 35.5. The Balaban J connectivity index is 2.51. The first-order valence-electron chi connectivity index (χ1n) is 5.26. The van der Waals surface area contributed by atoms with Crippen LogP contribution < -0.4 is 10.1 Å². The summed E-state index contributed by atoms with van der Waals surface area (Å²) in [5, 5.41) is 11.8. The van der Waals surface area contributed by atoms with Crippen molar-refractivity contribution in [1.82, 2.24) is 5.32 Å². The lowest BCUT2D eigenvalue weighted by Crippen LogP contribution is -2.31. The fourth-order valence-electron chi connectivity index (χ4n) is 1.22. The molecule has 96 valence electrons. The maximum atomic E-state index is 11.4. The lowest BCUT2D eigenvalue weighted by molar-refractivity contribution is -0.123. The molecule has 5 nitrogen and oxygen atoms in total. The third kappa shape index (κ3) is 4.24. The number of rotatable bonds is 6. The number of hydrogen-bond acceptors (Lipinski definition) is 4. The fraction of sp³-hybridized carbons (Fsp3) is 0.333. The normalized spacial score (nSPS) is 9.61. The Morgan fingerprint density at radius 2 is 2.33 bits per heavy atom. The van der Waals surface area contributed by atoms with Crippen molar-refractivity contribution in [3.8, 4) is 11.8 Å². The standard InChI is InChI=1S/C12H13ClN2O3/c1-17-6-5-15-12(16)8-18-11-4-2-3-10(13)9(11)7-14/h2-4H,5-6,8H2,1H3,(H,15,16). The zero-order valence-electron chi connectivity index (χ0n) is 9.90. The first-order valence-corrected chi connectivity index (χ1v) is 5.64. The molecule has 0 bridgehead atoms. The lowest BCUT2D eigenvalue weighted by atomic mass is 10.2. The van der Waals surface area contributed by atoms with Gasteiger partial charge >= 0.3 is 0 Å². The highest BCUT2D eigenvalue weighted by Gasteiger charge is 2.09. The van der Waals surface area contributed by atoms with E-state index in [4.69, 9.17) is 26.3 Å². The Morgan fingerprint density at radius 3 is 3.00 bits per heavy atom. The molecule has 0 aliphatic rings. The number of amides is 1. The molecule has 0 aliphatic heterocycles. The van der Waals surface area contributed by atoms with Crippen LogP contribution in [0.15, 0.2) is 18.2 Å². The summed E-state index contributed by atoms with van der Waals surface area (Å²) in [6.07, 6.45) is 0. The predicted molar refractivity (Wildman–Crippen MR) is 66.5 cm³/mol. The van der Waals surface area contributed by atoms with Crippen molar-refractivity contribution in [1.29, 1.82) is 5.26 Å². The van der Waals surface area contributed by atoms with Gasteiger partial charge in [-0.15, -0.1) is 0 Å². The van der Waals surface area contributed by atoms with Gasteiger partial charge in [-0.2, -0.15) is 5.26 Å². The summed E-state index contributed by atoms with van der Waals surface area (Å²) >= 11 is 5.83. The van der Waals surface area contributed by atoms with E-state index in [2.05, 4.69) is 5.32 Å². The second-order valence-electron chi connectivity index (χ2n) is 3.36. The minimum Gasteiger partial charge on any atom is -0.482 e. The number of carbonyl (C=O) groups excluding carboxylic acids is 1. The molecule has 1 aromatic carbocycles. The molecule has 0 saturated carbocycles. The third-order valence-corrected chi connectivity index (χ3v) is 2.39. The largest absolute Gasteiger partial charge is 0.482 e. The summed E-state index contributed by atoms with van der Waals surface area (Å²) in [7, 11) is 1.55. The molecule has 6 heteroatoms. The average Bonchev–Trinajstić information content (AvgIpc) is 2.36. The molecule has 0 aliphatic carbocycles. The third-order valence-electron chi connectivity index (χ3n) is 2.07. The van der Waals surface area contributed by atoms with Crippen LogP contribution in [0.3, 0.4) is 0 Å². The molecule has 0 fully saturated rings. The van der Waals surface area contributed by atoms with Gasteiger partial charge in [0.05, 0.1) is 11.6 Å². The number of halogens is 1. The van der Waals surface area contributed by atoms with Crippen LogP contribution in [0.4, 0.5) is 0 Å². The molecule has 1 amide bonds. The molecule has 0 heterocycles. The van der Waals surface area contributed by atoms with Gasteiger partial charge in [0.1, 0.15) is 17.4 Å². The quantitative estimate of drug-likeness (QED) is 0.791. The van der Waals surface area contributed by atoms with E-state index >= 15 is 0 Å². The summed E-state index contributed by atoms with van der Waals surface area (Å²) in [5.41, 5.74) is 0.226. The van der Waals surface area contributed by atoms with Gasteiger partial charge in [-0.05, 0) is 12.1 Å². The van der Waals surface area contributed by atoms with Crippen LogP contribution in [0, 0.1) is 11.3 Å². The maximum Gasteiger partial charge on any atom is 0.258 e. The zero-order valence-corrected chi connectivity index (χ0v) is 10.7. The molecule has 0 atom stereocenters. The minimum absolute atomic E-state index is 0.168. The van der Waals surface area contributed by atoms with Gasteiger partial charge < -0.3 is 14.8 Å². The van der Waals surface area contributed by atoms with Gasteiger partial charge in [0.2, 0.25) is 0 Å². The number of methoxy groups -OCH3 is 1. The van der Waals surface area contributed by atoms with E-state index in [1.165, 1.54) is 0 Å². The van der Waals surface area contributed by atoms with E-state index < -0.39 is 0 Å². The Morgan fingerprint density at radius 1 is 1.56 bits per heavy atom. The SMILES string of the molecule is COCCNC(=O)COc1cccc(Cl)c1C#N. The van der Waals surface area contributed by atoms with Crippen molar-refractivity contribution in [3.63, 3.8) is 0 Å². The lowest BCUT2D eigenvalue weighted by Gasteiger charge is -2.08. The Hall–Kier alpha value is -1.77. The average molecular weight is 269 g/mol. The number of hydrogen-bond donors (Lipinski definition) is 1. The van der Waals surface area contributed by atoms with Crippen molar-refractivity contribution >= 4 is 17.5 Å². The highest BCUT2D eigenvalue weighted by Crippen LogP contribution is 2.25. The van der Waals surface area contributed by atoms with Crippen LogP contribution >= 0.6 is 11.6 Å². The van der Waals surface area contributed by atoms with Crippen molar-refractivity contribution in [2.24, 2.45) is 0 Å². The molecule has 0 radical (unpaired) electrons. The second-order valence-corrected chi connectivity index (χ2v) is 3.76. The van der Waals surface area contributed by atoms with Crippen molar-refractivity contribution in [2.45, 2.75) is 0 Å². The topological polar surface area (TPSA) is 71.3 Å². The van der Waals surface area contributed by atoms with Gasteiger partial charge in [0.25, 0.3) is 5.91 Å². The number of nitrogens with zero attached hydrogens (tertiary/aromatic N) is 1. The number of benzene rings is 1. The fourth-order valence-corrected chi connectivity index (χ4v) is 1.43. The zero-order chi connectivity index (χ0) is 13.4. The minimum atomic E-state index is -0.282. The smallest absolute Gasteiger partial charge is 0.258 e. The van der Waals surface area contributed by atoms with Gasteiger partial charge in [-0.25, -0.2) is 0 Å². The van der Waals surface area contributed by atoms with Crippen molar-refractivity contribution in [2.75, 3.05) is 26.9 Å². The van der Waals surface area contributed by atoms with Crippen LogP contribution in [-0.2, 0) is 9.53 Å². The van der Waals surface area contributed by atoms with Crippen LogP contribution in [-0.4, -0.2) is 32.8 Å². The van der Waals surface area contributed by atoms with Gasteiger partial charge in [0, 0.05) is 13.7 Å². The highest BCUT2D eigenvalue weighted by molar-refractivity contribution is 6.31. The molecule has 0 aromatic heterocycles. The number of carbonyl (C=O) groups is 1. The van der Waals surface area contributed by atoms with Crippen LogP contribution in [0.2, 0.25) is 5.02 Å². The summed E-state index contributed by atoms with van der Waals surface area (Å²) < 4.78 is 10.0. The monoisotopic (exact) mass is 268 g/mol. The van der Waals surface area contributed by atoms with Crippen LogP contribution in [0.5, 0.6) is 5.75 Å². The van der Waals surface area contributed by atoms with Crippen molar-refractivity contribution in [3.05, 3.63) is 28.8 Å².